The number of nitriles is 1. The van der Waals surface area contributed by atoms with Crippen molar-refractivity contribution in [2.75, 3.05) is 23.3 Å². The summed E-state index contributed by atoms with van der Waals surface area (Å²) in [6.07, 6.45) is 3.65. The highest BCUT2D eigenvalue weighted by Gasteiger charge is 2.15. The molecule has 1 heterocycles. The lowest BCUT2D eigenvalue weighted by molar-refractivity contribution is 0.102. The molecule has 0 bridgehead atoms. The summed E-state index contributed by atoms with van der Waals surface area (Å²) < 4.78 is 0. The van der Waals surface area contributed by atoms with E-state index < -0.39 is 0 Å². The van der Waals surface area contributed by atoms with Crippen molar-refractivity contribution >= 4 is 17.3 Å². The van der Waals surface area contributed by atoms with Crippen LogP contribution in [0.4, 0.5) is 11.4 Å². The second-order valence-corrected chi connectivity index (χ2v) is 7.29. The van der Waals surface area contributed by atoms with Crippen LogP contribution >= 0.6 is 0 Å². The molecule has 4 heteroatoms. The molecular weight excluding hydrogens is 358 g/mol. The number of hydrogen-bond acceptors (Lipinski definition) is 3. The van der Waals surface area contributed by atoms with Crippen molar-refractivity contribution in [3.63, 3.8) is 0 Å². The molecule has 3 aromatic rings. The summed E-state index contributed by atoms with van der Waals surface area (Å²) in [5.41, 5.74) is 4.66. The van der Waals surface area contributed by atoms with Gasteiger partial charge in [-0.15, -0.1) is 0 Å². The van der Waals surface area contributed by atoms with E-state index in [1.165, 1.54) is 19.3 Å². The average Bonchev–Trinajstić information content (AvgIpc) is 2.80. The SMILES string of the molecule is N#Cc1ccc(-c2ccccc2)cc1NC(=O)c1cccc(N2CCCCC2)c1. The smallest absolute Gasteiger partial charge is 0.255 e. The lowest BCUT2D eigenvalue weighted by Crippen LogP contribution is -2.29. The molecule has 0 atom stereocenters. The lowest BCUT2D eigenvalue weighted by atomic mass is 10.0. The van der Waals surface area contributed by atoms with Gasteiger partial charge >= 0.3 is 0 Å². The fourth-order valence-electron chi connectivity index (χ4n) is 3.75. The van der Waals surface area contributed by atoms with Gasteiger partial charge in [-0.05, 0) is 60.7 Å². The molecule has 1 amide bonds. The Bertz CT molecular complexity index is 1050. The maximum Gasteiger partial charge on any atom is 0.255 e. The van der Waals surface area contributed by atoms with Gasteiger partial charge < -0.3 is 10.2 Å². The predicted octanol–water partition coefficient (Wildman–Crippen LogP) is 5.47. The van der Waals surface area contributed by atoms with Crippen LogP contribution in [0, 0.1) is 11.3 Å². The van der Waals surface area contributed by atoms with Crippen LogP contribution in [0.15, 0.2) is 72.8 Å². The summed E-state index contributed by atoms with van der Waals surface area (Å²) in [5.74, 6) is -0.203. The number of rotatable bonds is 4. The maximum atomic E-state index is 12.9. The molecule has 4 rings (SSSR count). The van der Waals surface area contributed by atoms with Gasteiger partial charge in [0.05, 0.1) is 11.3 Å². The number of benzene rings is 3. The van der Waals surface area contributed by atoms with Gasteiger partial charge in [0.2, 0.25) is 0 Å². The Hall–Kier alpha value is -3.58. The summed E-state index contributed by atoms with van der Waals surface area (Å²) in [4.78, 5) is 15.3. The summed E-state index contributed by atoms with van der Waals surface area (Å²) in [5, 5.41) is 12.4. The largest absolute Gasteiger partial charge is 0.372 e. The minimum Gasteiger partial charge on any atom is -0.372 e. The first kappa shape index (κ1) is 18.8. The highest BCUT2D eigenvalue weighted by atomic mass is 16.1. The van der Waals surface area contributed by atoms with Crippen molar-refractivity contribution in [1.29, 1.82) is 5.26 Å². The molecule has 0 spiro atoms. The van der Waals surface area contributed by atoms with Crippen molar-refractivity contribution in [3.8, 4) is 17.2 Å². The third kappa shape index (κ3) is 4.30. The molecule has 144 valence electrons. The zero-order valence-corrected chi connectivity index (χ0v) is 16.3. The first-order chi connectivity index (χ1) is 14.2. The van der Waals surface area contributed by atoms with Gasteiger partial charge in [-0.2, -0.15) is 5.26 Å². The molecule has 29 heavy (non-hydrogen) atoms. The normalized spacial score (nSPS) is 13.6. The van der Waals surface area contributed by atoms with E-state index in [-0.39, 0.29) is 5.91 Å². The molecule has 0 saturated carbocycles. The van der Waals surface area contributed by atoms with Crippen LogP contribution in [0.1, 0.15) is 35.2 Å². The van der Waals surface area contributed by atoms with Gasteiger partial charge in [0.1, 0.15) is 6.07 Å². The highest BCUT2D eigenvalue weighted by Crippen LogP contribution is 2.26. The van der Waals surface area contributed by atoms with Gasteiger partial charge in [0.15, 0.2) is 0 Å². The van der Waals surface area contributed by atoms with Crippen LogP contribution < -0.4 is 10.2 Å². The van der Waals surface area contributed by atoms with Gasteiger partial charge in [-0.1, -0.05) is 42.5 Å². The fraction of sp³-hybridized carbons (Fsp3) is 0.200. The molecule has 0 aliphatic carbocycles. The summed E-state index contributed by atoms with van der Waals surface area (Å²) in [6, 6.07) is 25.3. The van der Waals surface area contributed by atoms with Crippen molar-refractivity contribution in [2.24, 2.45) is 0 Å². The van der Waals surface area contributed by atoms with Crippen LogP contribution in [-0.2, 0) is 0 Å². The molecule has 3 aromatic carbocycles. The van der Waals surface area contributed by atoms with E-state index in [9.17, 15) is 10.1 Å². The molecule has 4 nitrogen and oxygen atoms in total. The van der Waals surface area contributed by atoms with E-state index >= 15 is 0 Å². The minimum atomic E-state index is -0.203. The van der Waals surface area contributed by atoms with Gasteiger partial charge in [0, 0.05) is 24.3 Å². The topological polar surface area (TPSA) is 56.1 Å². The molecule has 0 unspecified atom stereocenters. The second-order valence-electron chi connectivity index (χ2n) is 7.29. The number of amides is 1. The van der Waals surface area contributed by atoms with Crippen molar-refractivity contribution < 1.29 is 4.79 Å². The van der Waals surface area contributed by atoms with Crippen LogP contribution in [-0.4, -0.2) is 19.0 Å². The minimum absolute atomic E-state index is 0.203. The molecule has 1 saturated heterocycles. The monoisotopic (exact) mass is 381 g/mol. The number of piperidine rings is 1. The number of carbonyl (C=O) groups excluding carboxylic acids is 1. The number of anilines is 2. The van der Waals surface area contributed by atoms with Crippen LogP contribution in [0.25, 0.3) is 11.1 Å². The van der Waals surface area contributed by atoms with E-state index in [4.69, 9.17) is 0 Å². The van der Waals surface area contributed by atoms with Gasteiger partial charge in [-0.25, -0.2) is 0 Å². The quantitative estimate of drug-likeness (QED) is 0.652. The summed E-state index contributed by atoms with van der Waals surface area (Å²) >= 11 is 0. The van der Waals surface area contributed by atoms with Gasteiger partial charge in [0.25, 0.3) is 5.91 Å². The Labute approximate surface area is 171 Å². The summed E-state index contributed by atoms with van der Waals surface area (Å²) in [7, 11) is 0. The Kier molecular flexibility index (Phi) is 5.58. The molecule has 1 N–H and O–H groups in total. The fourth-order valence-corrected chi connectivity index (χ4v) is 3.75. The van der Waals surface area contributed by atoms with Crippen molar-refractivity contribution in [2.45, 2.75) is 19.3 Å². The van der Waals surface area contributed by atoms with Crippen molar-refractivity contribution in [3.05, 3.63) is 83.9 Å². The van der Waals surface area contributed by atoms with E-state index in [0.717, 1.165) is 29.9 Å². The van der Waals surface area contributed by atoms with Crippen LogP contribution in [0.3, 0.4) is 0 Å². The predicted molar refractivity (Wildman–Crippen MR) is 117 cm³/mol. The number of carbonyl (C=O) groups is 1. The molecule has 0 radical (unpaired) electrons. The average molecular weight is 381 g/mol. The zero-order valence-electron chi connectivity index (χ0n) is 16.3. The number of nitrogens with one attached hydrogen (secondary N) is 1. The Balaban J connectivity index is 1.59. The molecule has 1 aliphatic rings. The maximum absolute atomic E-state index is 12.9. The molecular formula is C25H23N3O. The van der Waals surface area contributed by atoms with E-state index in [2.05, 4.69) is 22.4 Å². The third-order valence-electron chi connectivity index (χ3n) is 5.32. The number of hydrogen-bond donors (Lipinski definition) is 1. The highest BCUT2D eigenvalue weighted by molar-refractivity contribution is 6.05. The Morgan fingerprint density at radius 1 is 0.862 bits per heavy atom. The summed E-state index contributed by atoms with van der Waals surface area (Å²) in [6.45, 7) is 2.06. The van der Waals surface area contributed by atoms with Crippen molar-refractivity contribution in [1.82, 2.24) is 0 Å². The third-order valence-corrected chi connectivity index (χ3v) is 5.32. The molecule has 0 aromatic heterocycles. The van der Waals surface area contributed by atoms with Crippen LogP contribution in [0.5, 0.6) is 0 Å². The standard InChI is InChI=1S/C25H23N3O/c26-18-22-13-12-20(19-8-3-1-4-9-19)17-24(22)27-25(29)21-10-7-11-23(16-21)28-14-5-2-6-15-28/h1,3-4,7-13,16-17H,2,5-6,14-15H2,(H,27,29). The molecule has 1 fully saturated rings. The lowest BCUT2D eigenvalue weighted by Gasteiger charge is -2.29. The number of nitrogens with zero attached hydrogens (tertiary/aromatic N) is 2. The van der Waals surface area contributed by atoms with E-state index in [1.807, 2.05) is 60.7 Å². The first-order valence-corrected chi connectivity index (χ1v) is 10.0. The Morgan fingerprint density at radius 3 is 2.41 bits per heavy atom. The van der Waals surface area contributed by atoms with Gasteiger partial charge in [-0.3, -0.25) is 4.79 Å². The second kappa shape index (κ2) is 8.62. The van der Waals surface area contributed by atoms with Crippen LogP contribution in [0.2, 0.25) is 0 Å². The molecule has 1 aliphatic heterocycles. The Morgan fingerprint density at radius 2 is 1.66 bits per heavy atom. The first-order valence-electron chi connectivity index (χ1n) is 10.0. The zero-order chi connectivity index (χ0) is 20.1. The van der Waals surface area contributed by atoms with E-state index in [1.54, 1.807) is 6.07 Å². The van der Waals surface area contributed by atoms with E-state index in [0.29, 0.717) is 16.8 Å².